The molecule has 1 aromatic rings. The van der Waals surface area contributed by atoms with Crippen LogP contribution in [0.2, 0.25) is 0 Å². The molecule has 1 fully saturated rings. The van der Waals surface area contributed by atoms with E-state index in [4.69, 9.17) is 0 Å². The van der Waals surface area contributed by atoms with Crippen molar-refractivity contribution in [3.8, 4) is 0 Å². The fraction of sp³-hybridized carbons (Fsp3) is 0.571. The van der Waals surface area contributed by atoms with Gasteiger partial charge in [0.25, 0.3) is 0 Å². The van der Waals surface area contributed by atoms with Gasteiger partial charge in [0.1, 0.15) is 5.82 Å². The maximum Gasteiger partial charge on any atom is 0.137 e. The summed E-state index contributed by atoms with van der Waals surface area (Å²) >= 11 is 3.25. The molecule has 0 amide bonds. The SMILES string of the molecule is CCCNC1CCCN(c2ccc(F)c(Br)c2)C1. The van der Waals surface area contributed by atoms with Crippen LogP contribution in [0.5, 0.6) is 0 Å². The smallest absolute Gasteiger partial charge is 0.137 e. The van der Waals surface area contributed by atoms with E-state index in [0.29, 0.717) is 10.5 Å². The molecule has 0 bridgehead atoms. The standard InChI is InChI=1S/C14H20BrFN2/c1-2-7-17-11-4-3-8-18(10-11)12-5-6-14(16)13(15)9-12/h5-6,9,11,17H,2-4,7-8,10H2,1H3. The number of rotatable bonds is 4. The second kappa shape index (κ2) is 6.53. The van der Waals surface area contributed by atoms with Crippen LogP contribution in [0.3, 0.4) is 0 Å². The lowest BCUT2D eigenvalue weighted by Crippen LogP contribution is -2.46. The lowest BCUT2D eigenvalue weighted by molar-refractivity contribution is 0.423. The van der Waals surface area contributed by atoms with Crippen LogP contribution in [0, 0.1) is 5.82 Å². The molecule has 0 spiro atoms. The summed E-state index contributed by atoms with van der Waals surface area (Å²) in [6.07, 6.45) is 3.59. The molecule has 4 heteroatoms. The van der Waals surface area contributed by atoms with Crippen molar-refractivity contribution < 1.29 is 4.39 Å². The van der Waals surface area contributed by atoms with Gasteiger partial charge < -0.3 is 10.2 Å². The average molecular weight is 315 g/mol. The molecule has 1 unspecified atom stereocenters. The lowest BCUT2D eigenvalue weighted by atomic mass is 10.0. The Hall–Kier alpha value is -0.610. The van der Waals surface area contributed by atoms with Crippen molar-refractivity contribution in [2.24, 2.45) is 0 Å². The van der Waals surface area contributed by atoms with E-state index in [1.165, 1.54) is 25.3 Å². The molecule has 100 valence electrons. The maximum atomic E-state index is 13.2. The fourth-order valence-corrected chi connectivity index (χ4v) is 2.78. The van der Waals surface area contributed by atoms with Crippen molar-refractivity contribution in [2.45, 2.75) is 32.2 Å². The lowest BCUT2D eigenvalue weighted by Gasteiger charge is -2.35. The molecule has 2 rings (SSSR count). The Labute approximate surface area is 117 Å². The molecule has 0 aliphatic carbocycles. The molecular formula is C14H20BrFN2. The molecule has 1 aromatic carbocycles. The zero-order valence-corrected chi connectivity index (χ0v) is 12.3. The van der Waals surface area contributed by atoms with Crippen LogP contribution in [0.1, 0.15) is 26.2 Å². The number of anilines is 1. The van der Waals surface area contributed by atoms with Gasteiger partial charge in [-0.3, -0.25) is 0 Å². The summed E-state index contributed by atoms with van der Waals surface area (Å²) in [5, 5.41) is 3.57. The van der Waals surface area contributed by atoms with E-state index in [-0.39, 0.29) is 5.82 Å². The van der Waals surface area contributed by atoms with Crippen molar-refractivity contribution in [3.63, 3.8) is 0 Å². The average Bonchev–Trinajstić information content (AvgIpc) is 2.40. The number of hydrogen-bond acceptors (Lipinski definition) is 2. The van der Waals surface area contributed by atoms with E-state index in [9.17, 15) is 4.39 Å². The highest BCUT2D eigenvalue weighted by Crippen LogP contribution is 2.25. The van der Waals surface area contributed by atoms with Crippen LogP contribution < -0.4 is 10.2 Å². The molecule has 0 saturated carbocycles. The minimum absolute atomic E-state index is 0.198. The number of benzene rings is 1. The van der Waals surface area contributed by atoms with E-state index < -0.39 is 0 Å². The normalized spacial score (nSPS) is 20.2. The third kappa shape index (κ3) is 3.45. The summed E-state index contributed by atoms with van der Waals surface area (Å²) in [4.78, 5) is 2.33. The van der Waals surface area contributed by atoms with E-state index in [0.717, 1.165) is 25.3 Å². The van der Waals surface area contributed by atoms with Gasteiger partial charge in [-0.05, 0) is 59.9 Å². The molecule has 18 heavy (non-hydrogen) atoms. The van der Waals surface area contributed by atoms with E-state index >= 15 is 0 Å². The summed E-state index contributed by atoms with van der Waals surface area (Å²) in [6, 6.07) is 5.82. The number of piperidine rings is 1. The molecule has 1 saturated heterocycles. The molecule has 1 atom stereocenters. The van der Waals surface area contributed by atoms with Crippen LogP contribution in [0.15, 0.2) is 22.7 Å². The third-order valence-electron chi connectivity index (χ3n) is 3.37. The molecule has 1 aliphatic rings. The van der Waals surface area contributed by atoms with Gasteiger partial charge in [-0.15, -0.1) is 0 Å². The second-order valence-corrected chi connectivity index (χ2v) is 5.69. The number of halogens is 2. The Morgan fingerprint density at radius 3 is 3.06 bits per heavy atom. The monoisotopic (exact) mass is 314 g/mol. The van der Waals surface area contributed by atoms with Crippen LogP contribution in [-0.4, -0.2) is 25.7 Å². The van der Waals surface area contributed by atoms with Gasteiger partial charge in [-0.1, -0.05) is 6.92 Å². The van der Waals surface area contributed by atoms with Crippen molar-refractivity contribution in [2.75, 3.05) is 24.5 Å². The zero-order valence-electron chi connectivity index (χ0n) is 10.8. The Bertz CT molecular complexity index is 397. The van der Waals surface area contributed by atoms with Gasteiger partial charge in [0.15, 0.2) is 0 Å². The highest BCUT2D eigenvalue weighted by Gasteiger charge is 2.19. The number of nitrogens with zero attached hydrogens (tertiary/aromatic N) is 1. The van der Waals surface area contributed by atoms with Crippen LogP contribution in [-0.2, 0) is 0 Å². The minimum atomic E-state index is -0.198. The largest absolute Gasteiger partial charge is 0.370 e. The van der Waals surface area contributed by atoms with Gasteiger partial charge in [0.2, 0.25) is 0 Å². The number of nitrogens with one attached hydrogen (secondary N) is 1. The van der Waals surface area contributed by atoms with Crippen LogP contribution >= 0.6 is 15.9 Å². The van der Waals surface area contributed by atoms with E-state index in [1.807, 2.05) is 12.1 Å². The molecule has 1 aliphatic heterocycles. The summed E-state index contributed by atoms with van der Waals surface area (Å²) in [7, 11) is 0. The second-order valence-electron chi connectivity index (χ2n) is 4.84. The zero-order chi connectivity index (χ0) is 13.0. The Morgan fingerprint density at radius 1 is 1.50 bits per heavy atom. The Kier molecular flexibility index (Phi) is 5.01. The molecular weight excluding hydrogens is 295 g/mol. The molecule has 2 nitrogen and oxygen atoms in total. The van der Waals surface area contributed by atoms with Crippen LogP contribution in [0.4, 0.5) is 10.1 Å². The first-order valence-electron chi connectivity index (χ1n) is 6.64. The highest BCUT2D eigenvalue weighted by atomic mass is 79.9. The van der Waals surface area contributed by atoms with Gasteiger partial charge in [0.05, 0.1) is 4.47 Å². The highest BCUT2D eigenvalue weighted by molar-refractivity contribution is 9.10. The van der Waals surface area contributed by atoms with Crippen molar-refractivity contribution in [3.05, 3.63) is 28.5 Å². The first kappa shape index (κ1) is 13.8. The summed E-state index contributed by atoms with van der Waals surface area (Å²) in [6.45, 7) is 5.33. The topological polar surface area (TPSA) is 15.3 Å². The summed E-state index contributed by atoms with van der Waals surface area (Å²) < 4.78 is 13.8. The minimum Gasteiger partial charge on any atom is -0.370 e. The molecule has 0 radical (unpaired) electrons. The van der Waals surface area contributed by atoms with Gasteiger partial charge in [0, 0.05) is 24.8 Å². The first-order chi connectivity index (χ1) is 8.70. The van der Waals surface area contributed by atoms with Crippen LogP contribution in [0.25, 0.3) is 0 Å². The van der Waals surface area contributed by atoms with Gasteiger partial charge in [-0.25, -0.2) is 4.39 Å². The predicted octanol–water partition coefficient (Wildman–Crippen LogP) is 3.56. The predicted molar refractivity (Wildman–Crippen MR) is 77.6 cm³/mol. The fourth-order valence-electron chi connectivity index (χ4n) is 2.41. The summed E-state index contributed by atoms with van der Waals surface area (Å²) in [5.41, 5.74) is 1.10. The maximum absolute atomic E-state index is 13.2. The van der Waals surface area contributed by atoms with E-state index in [1.54, 1.807) is 0 Å². The molecule has 1 heterocycles. The summed E-state index contributed by atoms with van der Waals surface area (Å²) in [5.74, 6) is -0.198. The Balaban J connectivity index is 2.01. The Morgan fingerprint density at radius 2 is 2.33 bits per heavy atom. The third-order valence-corrected chi connectivity index (χ3v) is 3.98. The number of hydrogen-bond donors (Lipinski definition) is 1. The van der Waals surface area contributed by atoms with E-state index in [2.05, 4.69) is 33.1 Å². The van der Waals surface area contributed by atoms with Crippen molar-refractivity contribution in [1.82, 2.24) is 5.32 Å². The molecule has 1 N–H and O–H groups in total. The first-order valence-corrected chi connectivity index (χ1v) is 7.43. The van der Waals surface area contributed by atoms with Crippen molar-refractivity contribution >= 4 is 21.6 Å². The van der Waals surface area contributed by atoms with Crippen molar-refractivity contribution in [1.29, 1.82) is 0 Å². The van der Waals surface area contributed by atoms with Gasteiger partial charge >= 0.3 is 0 Å². The molecule has 0 aromatic heterocycles. The quantitative estimate of drug-likeness (QED) is 0.914. The van der Waals surface area contributed by atoms with Gasteiger partial charge in [-0.2, -0.15) is 0 Å².